The maximum atomic E-state index is 5.39. The summed E-state index contributed by atoms with van der Waals surface area (Å²) in [5, 5.41) is 12.9. The van der Waals surface area contributed by atoms with Gasteiger partial charge in [0.2, 0.25) is 0 Å². The summed E-state index contributed by atoms with van der Waals surface area (Å²) in [6, 6.07) is 25.2. The third-order valence-electron chi connectivity index (χ3n) is 4.59. The van der Waals surface area contributed by atoms with Crippen molar-refractivity contribution in [2.24, 2.45) is 5.10 Å². The summed E-state index contributed by atoms with van der Waals surface area (Å²) in [5.41, 5.74) is 6.96. The summed E-state index contributed by atoms with van der Waals surface area (Å²) in [4.78, 5) is 4.67. The standard InChI is InChI=1S/C24H21N5O2/c1-30-20-14-13-19(21(15-20)31-2)16-25-28-24-26-22(17-9-5-3-6-10-17)23(27-29-24)18-11-7-4-8-12-18/h3-16H,1-2H3,(H,26,28,29). The van der Waals surface area contributed by atoms with E-state index in [-0.39, 0.29) is 0 Å². The minimum Gasteiger partial charge on any atom is -0.497 e. The normalized spacial score (nSPS) is 10.8. The van der Waals surface area contributed by atoms with E-state index in [4.69, 9.17) is 9.47 Å². The summed E-state index contributed by atoms with van der Waals surface area (Å²) < 4.78 is 10.6. The van der Waals surface area contributed by atoms with Gasteiger partial charge in [-0.05, 0) is 12.1 Å². The van der Waals surface area contributed by atoms with Gasteiger partial charge in [0.1, 0.15) is 22.9 Å². The number of ether oxygens (including phenoxy) is 2. The van der Waals surface area contributed by atoms with Crippen LogP contribution in [0.25, 0.3) is 22.5 Å². The monoisotopic (exact) mass is 411 g/mol. The second kappa shape index (κ2) is 9.49. The Labute approximate surface area is 180 Å². The molecule has 0 aliphatic carbocycles. The molecule has 0 amide bonds. The van der Waals surface area contributed by atoms with E-state index in [0.29, 0.717) is 23.1 Å². The predicted octanol–water partition coefficient (Wildman–Crippen LogP) is 4.67. The van der Waals surface area contributed by atoms with Crippen LogP contribution in [0.2, 0.25) is 0 Å². The first-order chi connectivity index (χ1) is 15.3. The quantitative estimate of drug-likeness (QED) is 0.352. The lowest BCUT2D eigenvalue weighted by Gasteiger charge is -2.09. The number of aromatic nitrogens is 3. The number of hydrogen-bond acceptors (Lipinski definition) is 7. The Morgan fingerprint density at radius 2 is 1.45 bits per heavy atom. The van der Waals surface area contributed by atoms with Gasteiger partial charge < -0.3 is 9.47 Å². The Hall–Kier alpha value is -4.26. The van der Waals surface area contributed by atoms with E-state index in [1.165, 1.54) is 0 Å². The second-order valence-electron chi connectivity index (χ2n) is 6.54. The molecular formula is C24H21N5O2. The minimum absolute atomic E-state index is 0.294. The van der Waals surface area contributed by atoms with E-state index >= 15 is 0 Å². The molecule has 3 aromatic carbocycles. The largest absolute Gasteiger partial charge is 0.497 e. The topological polar surface area (TPSA) is 81.5 Å². The summed E-state index contributed by atoms with van der Waals surface area (Å²) in [7, 11) is 3.21. The van der Waals surface area contributed by atoms with Gasteiger partial charge in [0.15, 0.2) is 0 Å². The maximum Gasteiger partial charge on any atom is 0.263 e. The molecule has 4 aromatic rings. The first-order valence-electron chi connectivity index (χ1n) is 9.65. The van der Waals surface area contributed by atoms with E-state index in [9.17, 15) is 0 Å². The Kier molecular flexibility index (Phi) is 6.13. The number of hydrogen-bond donors (Lipinski definition) is 1. The van der Waals surface area contributed by atoms with Crippen molar-refractivity contribution >= 4 is 12.2 Å². The van der Waals surface area contributed by atoms with E-state index in [0.717, 1.165) is 22.4 Å². The van der Waals surface area contributed by atoms with Crippen molar-refractivity contribution in [2.45, 2.75) is 0 Å². The van der Waals surface area contributed by atoms with Crippen LogP contribution in [0.1, 0.15) is 5.56 Å². The predicted molar refractivity (Wildman–Crippen MR) is 121 cm³/mol. The van der Waals surface area contributed by atoms with Gasteiger partial charge >= 0.3 is 0 Å². The molecule has 1 aromatic heterocycles. The van der Waals surface area contributed by atoms with Crippen LogP contribution >= 0.6 is 0 Å². The van der Waals surface area contributed by atoms with Crippen LogP contribution in [0.3, 0.4) is 0 Å². The minimum atomic E-state index is 0.294. The van der Waals surface area contributed by atoms with Gasteiger partial charge in [0, 0.05) is 22.8 Å². The van der Waals surface area contributed by atoms with Crippen molar-refractivity contribution in [3.8, 4) is 34.0 Å². The van der Waals surface area contributed by atoms with Crippen molar-refractivity contribution in [1.29, 1.82) is 0 Å². The first-order valence-corrected chi connectivity index (χ1v) is 9.65. The highest BCUT2D eigenvalue weighted by molar-refractivity contribution is 5.84. The molecule has 0 bridgehead atoms. The van der Waals surface area contributed by atoms with Gasteiger partial charge in [-0.1, -0.05) is 60.7 Å². The van der Waals surface area contributed by atoms with Crippen molar-refractivity contribution in [1.82, 2.24) is 15.2 Å². The highest BCUT2D eigenvalue weighted by Gasteiger charge is 2.13. The number of rotatable bonds is 7. The molecule has 0 aliphatic rings. The third-order valence-corrected chi connectivity index (χ3v) is 4.59. The molecule has 7 nitrogen and oxygen atoms in total. The molecule has 0 saturated carbocycles. The summed E-state index contributed by atoms with van der Waals surface area (Å²) in [6.45, 7) is 0. The molecule has 0 unspecified atom stereocenters. The molecule has 0 saturated heterocycles. The van der Waals surface area contributed by atoms with E-state index in [1.807, 2.05) is 72.8 Å². The van der Waals surface area contributed by atoms with Crippen LogP contribution < -0.4 is 14.9 Å². The summed E-state index contributed by atoms with van der Waals surface area (Å²) in [5.74, 6) is 1.65. The van der Waals surface area contributed by atoms with Gasteiger partial charge in [-0.25, -0.2) is 10.4 Å². The number of nitrogens with one attached hydrogen (secondary N) is 1. The van der Waals surface area contributed by atoms with E-state index in [1.54, 1.807) is 26.5 Å². The van der Waals surface area contributed by atoms with Crippen LogP contribution in [0.15, 0.2) is 84.0 Å². The van der Waals surface area contributed by atoms with Crippen LogP contribution in [0.5, 0.6) is 11.5 Å². The van der Waals surface area contributed by atoms with Gasteiger partial charge in [0.25, 0.3) is 5.95 Å². The fourth-order valence-electron chi connectivity index (χ4n) is 3.05. The van der Waals surface area contributed by atoms with Gasteiger partial charge in [-0.15, -0.1) is 10.2 Å². The average Bonchev–Trinajstić information content (AvgIpc) is 2.85. The first kappa shape index (κ1) is 20.0. The fraction of sp³-hybridized carbons (Fsp3) is 0.0833. The zero-order valence-corrected chi connectivity index (χ0v) is 17.2. The molecule has 1 heterocycles. The summed E-state index contributed by atoms with van der Waals surface area (Å²) in [6.07, 6.45) is 1.63. The van der Waals surface area contributed by atoms with Crippen molar-refractivity contribution in [3.63, 3.8) is 0 Å². The molecular weight excluding hydrogens is 390 g/mol. The molecule has 0 spiro atoms. The lowest BCUT2D eigenvalue weighted by Crippen LogP contribution is -2.03. The summed E-state index contributed by atoms with van der Waals surface area (Å²) >= 11 is 0. The number of hydrazone groups is 1. The number of anilines is 1. The zero-order chi connectivity index (χ0) is 21.5. The number of methoxy groups -OCH3 is 2. The molecule has 7 heteroatoms. The van der Waals surface area contributed by atoms with Crippen LogP contribution in [0, 0.1) is 0 Å². The van der Waals surface area contributed by atoms with Crippen LogP contribution in [-0.4, -0.2) is 35.6 Å². The molecule has 0 radical (unpaired) electrons. The van der Waals surface area contributed by atoms with Gasteiger partial charge in [-0.2, -0.15) is 5.10 Å². The van der Waals surface area contributed by atoms with Crippen molar-refractivity contribution in [3.05, 3.63) is 84.4 Å². The molecule has 0 fully saturated rings. The lowest BCUT2D eigenvalue weighted by molar-refractivity contribution is 0.394. The van der Waals surface area contributed by atoms with Crippen molar-refractivity contribution in [2.75, 3.05) is 19.6 Å². The maximum absolute atomic E-state index is 5.39. The van der Waals surface area contributed by atoms with Crippen LogP contribution in [0.4, 0.5) is 5.95 Å². The van der Waals surface area contributed by atoms with E-state index < -0.39 is 0 Å². The third kappa shape index (κ3) is 4.67. The molecule has 0 aliphatic heterocycles. The highest BCUT2D eigenvalue weighted by atomic mass is 16.5. The molecule has 0 atom stereocenters. The lowest BCUT2D eigenvalue weighted by atomic mass is 10.0. The Balaban J connectivity index is 1.64. The van der Waals surface area contributed by atoms with E-state index in [2.05, 4.69) is 25.7 Å². The fourth-order valence-corrected chi connectivity index (χ4v) is 3.05. The molecule has 1 N–H and O–H groups in total. The zero-order valence-electron chi connectivity index (χ0n) is 17.2. The Morgan fingerprint density at radius 1 is 0.774 bits per heavy atom. The molecule has 4 rings (SSSR count). The number of nitrogens with zero attached hydrogens (tertiary/aromatic N) is 4. The van der Waals surface area contributed by atoms with Gasteiger partial charge in [0.05, 0.1) is 20.4 Å². The average molecular weight is 411 g/mol. The molecule has 154 valence electrons. The smallest absolute Gasteiger partial charge is 0.263 e. The van der Waals surface area contributed by atoms with Gasteiger partial charge in [-0.3, -0.25) is 0 Å². The Morgan fingerprint density at radius 3 is 2.10 bits per heavy atom. The second-order valence-corrected chi connectivity index (χ2v) is 6.54. The number of benzene rings is 3. The van der Waals surface area contributed by atoms with Crippen LogP contribution in [-0.2, 0) is 0 Å². The Bertz CT molecular complexity index is 1180. The highest BCUT2D eigenvalue weighted by Crippen LogP contribution is 2.28. The molecule has 31 heavy (non-hydrogen) atoms. The van der Waals surface area contributed by atoms with Crippen molar-refractivity contribution < 1.29 is 9.47 Å². The SMILES string of the molecule is COc1ccc(C=NNc2nnc(-c3ccccc3)c(-c3ccccc3)n2)c(OC)c1.